The predicted octanol–water partition coefficient (Wildman–Crippen LogP) is 2.95. The first-order chi connectivity index (χ1) is 14.9. The predicted molar refractivity (Wildman–Crippen MR) is 114 cm³/mol. The van der Waals surface area contributed by atoms with Crippen LogP contribution in [0.2, 0.25) is 0 Å². The number of methoxy groups -OCH3 is 2. The molecule has 0 aliphatic carbocycles. The number of amides is 1. The van der Waals surface area contributed by atoms with Gasteiger partial charge in [-0.05, 0) is 37.6 Å². The topological polar surface area (TPSA) is 98.2 Å². The molecular formula is C23H26N2O6. The smallest absolute Gasteiger partial charge is 0.295 e. The van der Waals surface area contributed by atoms with Gasteiger partial charge in [0.15, 0.2) is 0 Å². The Labute approximate surface area is 181 Å². The van der Waals surface area contributed by atoms with Crippen molar-refractivity contribution < 1.29 is 28.9 Å². The van der Waals surface area contributed by atoms with Gasteiger partial charge in [0.1, 0.15) is 17.3 Å². The molecule has 1 aromatic heterocycles. The van der Waals surface area contributed by atoms with Crippen molar-refractivity contribution in [2.75, 3.05) is 27.4 Å². The highest BCUT2D eigenvalue weighted by Crippen LogP contribution is 2.41. The maximum absolute atomic E-state index is 13.0. The van der Waals surface area contributed by atoms with Crippen molar-refractivity contribution in [2.24, 2.45) is 0 Å². The molecule has 3 rings (SSSR count). The molecule has 1 unspecified atom stereocenters. The number of Topliss-reactive ketones (excluding diaryl/α,β-unsaturated/α-hetero) is 1. The Morgan fingerprint density at radius 3 is 2.58 bits per heavy atom. The first-order valence-electron chi connectivity index (χ1n) is 9.91. The molecule has 1 saturated heterocycles. The molecule has 2 aromatic rings. The zero-order valence-electron chi connectivity index (χ0n) is 18.0. The highest BCUT2D eigenvalue weighted by Gasteiger charge is 2.46. The Morgan fingerprint density at radius 2 is 1.97 bits per heavy atom. The average molecular weight is 426 g/mol. The first kappa shape index (κ1) is 22.3. The van der Waals surface area contributed by atoms with E-state index in [-0.39, 0.29) is 36.2 Å². The number of aromatic nitrogens is 1. The highest BCUT2D eigenvalue weighted by molar-refractivity contribution is 6.46. The molecular weight excluding hydrogens is 400 g/mol. The number of likely N-dealkylation sites (tertiary alicyclic amines) is 1. The summed E-state index contributed by atoms with van der Waals surface area (Å²) in [4.78, 5) is 31.4. The number of carbonyl (C=O) groups excluding carboxylic acids is 2. The lowest BCUT2D eigenvalue weighted by atomic mass is 9.96. The third-order valence-corrected chi connectivity index (χ3v) is 4.99. The van der Waals surface area contributed by atoms with Gasteiger partial charge >= 0.3 is 0 Å². The van der Waals surface area contributed by atoms with Crippen LogP contribution in [-0.4, -0.2) is 60.2 Å². The number of carbonyl (C=O) groups is 2. The summed E-state index contributed by atoms with van der Waals surface area (Å²) in [7, 11) is 2.97. The number of pyridine rings is 1. The van der Waals surface area contributed by atoms with Gasteiger partial charge in [0.05, 0.1) is 44.1 Å². The molecule has 1 N–H and O–H groups in total. The zero-order valence-corrected chi connectivity index (χ0v) is 18.0. The number of ether oxygens (including phenoxy) is 3. The number of aliphatic hydroxyl groups excluding tert-OH is 1. The van der Waals surface area contributed by atoms with Gasteiger partial charge in [-0.1, -0.05) is 6.07 Å². The van der Waals surface area contributed by atoms with E-state index in [4.69, 9.17) is 14.2 Å². The molecule has 0 bridgehead atoms. The summed E-state index contributed by atoms with van der Waals surface area (Å²) < 4.78 is 16.2. The maximum atomic E-state index is 13.0. The summed E-state index contributed by atoms with van der Waals surface area (Å²) in [5.41, 5.74) is 0.875. The van der Waals surface area contributed by atoms with Crippen LogP contribution in [0.15, 0.2) is 48.3 Å². The number of ketones is 1. The maximum Gasteiger partial charge on any atom is 0.295 e. The first-order valence-corrected chi connectivity index (χ1v) is 9.91. The fourth-order valence-electron chi connectivity index (χ4n) is 3.52. The molecule has 0 spiro atoms. The number of hydrogen-bond acceptors (Lipinski definition) is 7. The van der Waals surface area contributed by atoms with Crippen LogP contribution in [-0.2, 0) is 14.3 Å². The second kappa shape index (κ2) is 9.61. The molecule has 1 aliphatic heterocycles. The quantitative estimate of drug-likeness (QED) is 0.394. The van der Waals surface area contributed by atoms with E-state index in [1.54, 1.807) is 42.7 Å². The standard InChI is InChI=1S/C23H26N2O6/c1-14(2)31-11-10-25-20(15-6-5-9-24-13-15)19(22(27)23(25)28)21(26)17-8-7-16(29-3)12-18(17)30-4/h5-9,12-14,20,26H,10-11H2,1-4H3/b21-19-. The molecule has 1 fully saturated rings. The van der Waals surface area contributed by atoms with Crippen LogP contribution in [0.1, 0.15) is 31.0 Å². The van der Waals surface area contributed by atoms with Crippen LogP contribution in [0.3, 0.4) is 0 Å². The van der Waals surface area contributed by atoms with Gasteiger partial charge in [0.2, 0.25) is 0 Å². The summed E-state index contributed by atoms with van der Waals surface area (Å²) in [6, 6.07) is 7.51. The third kappa shape index (κ3) is 4.54. The van der Waals surface area contributed by atoms with E-state index in [9.17, 15) is 14.7 Å². The molecule has 2 heterocycles. The minimum Gasteiger partial charge on any atom is -0.507 e. The largest absolute Gasteiger partial charge is 0.507 e. The average Bonchev–Trinajstić information content (AvgIpc) is 3.03. The van der Waals surface area contributed by atoms with Crippen LogP contribution < -0.4 is 9.47 Å². The van der Waals surface area contributed by atoms with Crippen molar-refractivity contribution in [1.82, 2.24) is 9.88 Å². The van der Waals surface area contributed by atoms with Crippen molar-refractivity contribution in [3.8, 4) is 11.5 Å². The lowest BCUT2D eigenvalue weighted by Gasteiger charge is -2.25. The Morgan fingerprint density at radius 1 is 1.19 bits per heavy atom. The van der Waals surface area contributed by atoms with Gasteiger partial charge in [-0.3, -0.25) is 14.6 Å². The molecule has 8 nitrogen and oxygen atoms in total. The van der Waals surface area contributed by atoms with E-state index in [0.29, 0.717) is 17.1 Å². The molecule has 1 amide bonds. The van der Waals surface area contributed by atoms with Crippen LogP contribution in [0.25, 0.3) is 5.76 Å². The van der Waals surface area contributed by atoms with E-state index in [1.165, 1.54) is 19.1 Å². The molecule has 1 atom stereocenters. The summed E-state index contributed by atoms with van der Waals surface area (Å²) >= 11 is 0. The van der Waals surface area contributed by atoms with Crippen molar-refractivity contribution in [1.29, 1.82) is 0 Å². The minimum atomic E-state index is -0.795. The van der Waals surface area contributed by atoms with E-state index >= 15 is 0 Å². The number of hydrogen-bond donors (Lipinski definition) is 1. The summed E-state index contributed by atoms with van der Waals surface area (Å²) in [5.74, 6) is -0.942. The molecule has 0 saturated carbocycles. The Bertz CT molecular complexity index is 987. The molecule has 1 aromatic carbocycles. The molecule has 0 radical (unpaired) electrons. The fourth-order valence-corrected chi connectivity index (χ4v) is 3.52. The van der Waals surface area contributed by atoms with E-state index < -0.39 is 17.7 Å². The molecule has 1 aliphatic rings. The zero-order chi connectivity index (χ0) is 22.5. The van der Waals surface area contributed by atoms with E-state index in [0.717, 1.165) is 0 Å². The molecule has 31 heavy (non-hydrogen) atoms. The van der Waals surface area contributed by atoms with E-state index in [1.807, 2.05) is 13.8 Å². The fraction of sp³-hybridized carbons (Fsp3) is 0.348. The van der Waals surface area contributed by atoms with Crippen LogP contribution in [0.4, 0.5) is 0 Å². The van der Waals surface area contributed by atoms with Gasteiger partial charge in [0, 0.05) is 25.0 Å². The van der Waals surface area contributed by atoms with Gasteiger partial charge in [-0.2, -0.15) is 0 Å². The van der Waals surface area contributed by atoms with Crippen LogP contribution in [0.5, 0.6) is 11.5 Å². The number of nitrogens with zero attached hydrogens (tertiary/aromatic N) is 2. The van der Waals surface area contributed by atoms with Gasteiger partial charge in [0.25, 0.3) is 11.7 Å². The van der Waals surface area contributed by atoms with Crippen molar-refractivity contribution in [3.05, 3.63) is 59.4 Å². The Hall–Kier alpha value is -3.39. The van der Waals surface area contributed by atoms with Crippen molar-refractivity contribution in [2.45, 2.75) is 26.0 Å². The number of benzene rings is 1. The molecule has 8 heteroatoms. The monoisotopic (exact) mass is 426 g/mol. The Kier molecular flexibility index (Phi) is 6.91. The van der Waals surface area contributed by atoms with Crippen LogP contribution in [0, 0.1) is 0 Å². The summed E-state index contributed by atoms with van der Waals surface area (Å²) in [5, 5.41) is 11.2. The number of aliphatic hydroxyl groups is 1. The van der Waals surface area contributed by atoms with Gasteiger partial charge in [-0.15, -0.1) is 0 Å². The van der Waals surface area contributed by atoms with Gasteiger partial charge < -0.3 is 24.2 Å². The van der Waals surface area contributed by atoms with Crippen molar-refractivity contribution in [3.63, 3.8) is 0 Å². The molecule has 164 valence electrons. The third-order valence-electron chi connectivity index (χ3n) is 4.99. The summed E-state index contributed by atoms with van der Waals surface area (Å²) in [6.07, 6.45) is 3.16. The highest BCUT2D eigenvalue weighted by atomic mass is 16.5. The van der Waals surface area contributed by atoms with E-state index in [2.05, 4.69) is 4.98 Å². The minimum absolute atomic E-state index is 0.0165. The second-order valence-electron chi connectivity index (χ2n) is 7.26. The summed E-state index contributed by atoms with van der Waals surface area (Å²) in [6.45, 7) is 4.23. The Balaban J connectivity index is 2.12. The normalized spacial score (nSPS) is 18.0. The van der Waals surface area contributed by atoms with Crippen molar-refractivity contribution >= 4 is 17.4 Å². The number of rotatable bonds is 8. The lowest BCUT2D eigenvalue weighted by molar-refractivity contribution is -0.140. The SMILES string of the molecule is COc1ccc(/C(O)=C2/C(=O)C(=O)N(CCOC(C)C)C2c2cccnc2)c(OC)c1. The second-order valence-corrected chi connectivity index (χ2v) is 7.26. The lowest BCUT2D eigenvalue weighted by Crippen LogP contribution is -2.33. The van der Waals surface area contributed by atoms with Gasteiger partial charge in [-0.25, -0.2) is 0 Å². The van der Waals surface area contributed by atoms with Crippen LogP contribution >= 0.6 is 0 Å².